The molecule has 1 aromatic heterocycles. The van der Waals surface area contributed by atoms with Crippen LogP contribution in [-0.4, -0.2) is 24.8 Å². The zero-order chi connectivity index (χ0) is 14.4. The fourth-order valence-electron chi connectivity index (χ4n) is 1.57. The lowest BCUT2D eigenvalue weighted by molar-refractivity contribution is 0.0803. The molecule has 1 heterocycles. The van der Waals surface area contributed by atoms with E-state index in [0.717, 1.165) is 10.6 Å². The molecule has 18 heavy (non-hydrogen) atoms. The molecule has 1 aromatic rings. The summed E-state index contributed by atoms with van der Waals surface area (Å²) in [5.74, 6) is -0.0726. The average Bonchev–Trinajstić information content (AvgIpc) is 2.42. The van der Waals surface area contributed by atoms with Crippen LogP contribution in [0.5, 0.6) is 0 Å². The summed E-state index contributed by atoms with van der Waals surface area (Å²) in [6, 6.07) is 0. The lowest BCUT2D eigenvalue weighted by Gasteiger charge is -2.23. The van der Waals surface area contributed by atoms with Crippen molar-refractivity contribution in [1.82, 2.24) is 4.98 Å². The van der Waals surface area contributed by atoms with Crippen molar-refractivity contribution in [3.05, 3.63) is 15.6 Å². The van der Waals surface area contributed by atoms with Crippen molar-refractivity contribution in [1.29, 1.82) is 0 Å². The van der Waals surface area contributed by atoms with E-state index in [2.05, 4.69) is 4.98 Å². The second kappa shape index (κ2) is 4.58. The second-order valence-corrected chi connectivity index (χ2v) is 9.39. The first-order chi connectivity index (χ1) is 7.81. The summed E-state index contributed by atoms with van der Waals surface area (Å²) in [5.41, 5.74) is -0.448. The SMILES string of the molecule is CC(C)(C)c1nc(CS(C)(=O)=O)sc1C(C)(C)O. The normalized spacial score (nSPS) is 13.9. The summed E-state index contributed by atoms with van der Waals surface area (Å²) < 4.78 is 22.6. The minimum Gasteiger partial charge on any atom is -0.385 e. The highest BCUT2D eigenvalue weighted by Crippen LogP contribution is 2.36. The molecule has 0 amide bonds. The van der Waals surface area contributed by atoms with Crippen LogP contribution in [0.25, 0.3) is 0 Å². The van der Waals surface area contributed by atoms with Crippen molar-refractivity contribution >= 4 is 21.2 Å². The van der Waals surface area contributed by atoms with Gasteiger partial charge in [0.05, 0.1) is 16.2 Å². The van der Waals surface area contributed by atoms with Gasteiger partial charge in [-0.05, 0) is 13.8 Å². The van der Waals surface area contributed by atoms with Crippen LogP contribution in [0.1, 0.15) is 50.2 Å². The van der Waals surface area contributed by atoms with Gasteiger partial charge in [-0.25, -0.2) is 13.4 Å². The third kappa shape index (κ3) is 4.03. The van der Waals surface area contributed by atoms with Crippen LogP contribution in [0.2, 0.25) is 0 Å². The first-order valence-electron chi connectivity index (χ1n) is 5.71. The van der Waals surface area contributed by atoms with Crippen LogP contribution in [-0.2, 0) is 26.6 Å². The quantitative estimate of drug-likeness (QED) is 0.927. The zero-order valence-electron chi connectivity index (χ0n) is 11.7. The molecule has 0 unspecified atom stereocenters. The maximum atomic E-state index is 11.3. The number of thiazole rings is 1. The van der Waals surface area contributed by atoms with E-state index in [-0.39, 0.29) is 11.2 Å². The highest BCUT2D eigenvalue weighted by Gasteiger charge is 2.31. The molecule has 1 N–H and O–H groups in total. The van der Waals surface area contributed by atoms with Crippen molar-refractivity contribution in [2.24, 2.45) is 0 Å². The Morgan fingerprint density at radius 2 is 1.72 bits per heavy atom. The van der Waals surface area contributed by atoms with E-state index in [4.69, 9.17) is 0 Å². The summed E-state index contributed by atoms with van der Waals surface area (Å²) in [4.78, 5) is 5.16. The number of sulfone groups is 1. The highest BCUT2D eigenvalue weighted by molar-refractivity contribution is 7.90. The van der Waals surface area contributed by atoms with Gasteiger partial charge in [-0.1, -0.05) is 20.8 Å². The van der Waals surface area contributed by atoms with E-state index in [1.165, 1.54) is 17.6 Å². The molecule has 1 rings (SSSR count). The number of hydrogen-bond donors (Lipinski definition) is 1. The summed E-state index contributed by atoms with van der Waals surface area (Å²) >= 11 is 1.28. The third-order valence-corrected chi connectivity index (χ3v) is 4.67. The Morgan fingerprint density at radius 3 is 2.00 bits per heavy atom. The van der Waals surface area contributed by atoms with E-state index < -0.39 is 15.4 Å². The minimum atomic E-state index is -3.11. The van der Waals surface area contributed by atoms with Crippen molar-refractivity contribution in [2.45, 2.75) is 51.4 Å². The Morgan fingerprint density at radius 1 is 1.22 bits per heavy atom. The van der Waals surface area contributed by atoms with Crippen LogP contribution in [0.15, 0.2) is 0 Å². The number of aliphatic hydroxyl groups is 1. The van der Waals surface area contributed by atoms with Gasteiger partial charge in [-0.2, -0.15) is 0 Å². The molecule has 0 aliphatic rings. The molecule has 0 saturated heterocycles. The Labute approximate surface area is 113 Å². The molecule has 6 heteroatoms. The van der Waals surface area contributed by atoms with E-state index in [9.17, 15) is 13.5 Å². The lowest BCUT2D eigenvalue weighted by atomic mass is 9.88. The van der Waals surface area contributed by atoms with Gasteiger partial charge in [0, 0.05) is 11.7 Å². The van der Waals surface area contributed by atoms with Gasteiger partial charge in [0.1, 0.15) is 10.8 Å². The average molecular weight is 291 g/mol. The predicted octanol–water partition coefficient (Wildman–Crippen LogP) is 2.21. The van der Waals surface area contributed by atoms with E-state index >= 15 is 0 Å². The van der Waals surface area contributed by atoms with Crippen molar-refractivity contribution in [2.75, 3.05) is 6.26 Å². The number of nitrogens with zero attached hydrogens (tertiary/aromatic N) is 1. The van der Waals surface area contributed by atoms with Gasteiger partial charge in [-0.3, -0.25) is 0 Å². The van der Waals surface area contributed by atoms with Crippen LogP contribution >= 0.6 is 11.3 Å². The van der Waals surface area contributed by atoms with Gasteiger partial charge >= 0.3 is 0 Å². The fourth-order valence-corrected chi connectivity index (χ4v) is 4.04. The molecule has 4 nitrogen and oxygen atoms in total. The molecule has 0 aromatic carbocycles. The van der Waals surface area contributed by atoms with Crippen molar-refractivity contribution in [3.63, 3.8) is 0 Å². The van der Waals surface area contributed by atoms with E-state index in [0.29, 0.717) is 5.01 Å². The van der Waals surface area contributed by atoms with Crippen molar-refractivity contribution in [3.8, 4) is 0 Å². The van der Waals surface area contributed by atoms with Crippen molar-refractivity contribution < 1.29 is 13.5 Å². The summed E-state index contributed by atoms with van der Waals surface area (Å²) in [5, 5.41) is 10.7. The molecular weight excluding hydrogens is 270 g/mol. The first kappa shape index (κ1) is 15.6. The molecule has 0 saturated carbocycles. The van der Waals surface area contributed by atoms with Crippen LogP contribution < -0.4 is 0 Å². The monoisotopic (exact) mass is 291 g/mol. The molecule has 0 fully saturated rings. The van der Waals surface area contributed by atoms with Gasteiger partial charge < -0.3 is 5.11 Å². The molecule has 0 spiro atoms. The standard InChI is InChI=1S/C12H21NO3S2/c1-11(2,3)9-10(12(4,5)14)17-8(13-9)7-18(6,15)16/h14H,7H2,1-6H3. The molecular formula is C12H21NO3S2. The molecule has 0 aliphatic heterocycles. The van der Waals surface area contributed by atoms with Crippen LogP contribution in [0.3, 0.4) is 0 Å². The largest absolute Gasteiger partial charge is 0.385 e. The number of hydrogen-bond acceptors (Lipinski definition) is 5. The molecule has 0 radical (unpaired) electrons. The topological polar surface area (TPSA) is 67.3 Å². The lowest BCUT2D eigenvalue weighted by Crippen LogP contribution is -2.22. The Hall–Kier alpha value is -0.460. The number of aromatic nitrogens is 1. The van der Waals surface area contributed by atoms with Gasteiger partial charge in [0.2, 0.25) is 0 Å². The summed E-state index contributed by atoms with van der Waals surface area (Å²) in [6.07, 6.45) is 1.19. The summed E-state index contributed by atoms with van der Waals surface area (Å²) in [7, 11) is -3.11. The first-order valence-corrected chi connectivity index (χ1v) is 8.59. The molecule has 0 atom stereocenters. The van der Waals surface area contributed by atoms with Gasteiger partial charge in [0.25, 0.3) is 0 Å². The smallest absolute Gasteiger partial charge is 0.153 e. The molecule has 0 bridgehead atoms. The van der Waals surface area contributed by atoms with Gasteiger partial charge in [0.15, 0.2) is 9.84 Å². The van der Waals surface area contributed by atoms with Crippen LogP contribution in [0.4, 0.5) is 0 Å². The van der Waals surface area contributed by atoms with E-state index in [1.807, 2.05) is 20.8 Å². The Bertz CT molecular complexity index is 499. The predicted molar refractivity (Wildman–Crippen MR) is 74.6 cm³/mol. The molecule has 104 valence electrons. The van der Waals surface area contributed by atoms with Gasteiger partial charge in [-0.15, -0.1) is 11.3 Å². The Kier molecular flexibility index (Phi) is 3.97. The molecule has 0 aliphatic carbocycles. The maximum absolute atomic E-state index is 11.3. The highest BCUT2D eigenvalue weighted by atomic mass is 32.2. The Balaban J connectivity index is 3.34. The maximum Gasteiger partial charge on any atom is 0.153 e. The second-order valence-electron chi connectivity index (χ2n) is 6.16. The number of rotatable bonds is 3. The van der Waals surface area contributed by atoms with E-state index in [1.54, 1.807) is 13.8 Å². The van der Waals surface area contributed by atoms with Crippen LogP contribution in [0, 0.1) is 0 Å². The zero-order valence-corrected chi connectivity index (χ0v) is 13.4. The third-order valence-electron chi connectivity index (χ3n) is 2.32. The summed E-state index contributed by atoms with van der Waals surface area (Å²) in [6.45, 7) is 9.39. The fraction of sp³-hybridized carbons (Fsp3) is 0.750. The minimum absolute atomic E-state index is 0.0726.